The van der Waals surface area contributed by atoms with Crippen LogP contribution in [0, 0.1) is 0 Å². The van der Waals surface area contributed by atoms with Gasteiger partial charge in [0.2, 0.25) is 5.91 Å². The first-order valence-electron chi connectivity index (χ1n) is 12.2. The van der Waals surface area contributed by atoms with E-state index in [-0.39, 0.29) is 23.8 Å². The van der Waals surface area contributed by atoms with Gasteiger partial charge in [-0.2, -0.15) is 0 Å². The van der Waals surface area contributed by atoms with Gasteiger partial charge in [-0.3, -0.25) is 9.59 Å². The number of nitrogens with zero attached hydrogens (tertiary/aromatic N) is 3. The van der Waals surface area contributed by atoms with E-state index >= 15 is 0 Å². The fourth-order valence-corrected chi connectivity index (χ4v) is 4.54. The van der Waals surface area contributed by atoms with E-state index in [1.807, 2.05) is 47.0 Å². The van der Waals surface area contributed by atoms with Crippen molar-refractivity contribution in [1.29, 1.82) is 0 Å². The molecule has 4 rings (SSSR count). The largest absolute Gasteiger partial charge is 0.444 e. The minimum Gasteiger partial charge on any atom is -0.444 e. The van der Waals surface area contributed by atoms with Crippen LogP contribution in [-0.2, 0) is 9.53 Å². The van der Waals surface area contributed by atoms with E-state index in [0.717, 1.165) is 11.1 Å². The number of rotatable bonds is 5. The highest BCUT2D eigenvalue weighted by Gasteiger charge is 2.35. The van der Waals surface area contributed by atoms with Crippen molar-refractivity contribution in [1.82, 2.24) is 24.9 Å². The number of aromatic nitrogens is 2. The number of hydrogen-bond acceptors (Lipinski definition) is 5. The van der Waals surface area contributed by atoms with Gasteiger partial charge in [0.05, 0.1) is 29.6 Å². The van der Waals surface area contributed by atoms with Crippen molar-refractivity contribution in [2.24, 2.45) is 0 Å². The second-order valence-electron chi connectivity index (χ2n) is 10.1. The number of alkyl carbamates (subject to hydrolysis) is 1. The van der Waals surface area contributed by atoms with Crippen LogP contribution in [0.25, 0.3) is 5.52 Å². The maximum absolute atomic E-state index is 13.5. The van der Waals surface area contributed by atoms with Crippen LogP contribution >= 0.6 is 0 Å². The molecule has 3 aromatic rings. The monoisotopic (exact) mass is 491 g/mol. The van der Waals surface area contributed by atoms with Crippen LogP contribution in [0.4, 0.5) is 4.79 Å². The second kappa shape index (κ2) is 10.4. The van der Waals surface area contributed by atoms with Gasteiger partial charge in [0.1, 0.15) is 11.6 Å². The van der Waals surface area contributed by atoms with E-state index < -0.39 is 17.7 Å². The molecule has 0 radical (unpaired) electrons. The van der Waals surface area contributed by atoms with Crippen molar-refractivity contribution >= 4 is 23.4 Å². The Labute approximate surface area is 210 Å². The lowest BCUT2D eigenvalue weighted by Gasteiger charge is -2.39. The molecule has 2 aromatic heterocycles. The Kier molecular flexibility index (Phi) is 7.28. The first kappa shape index (κ1) is 25.2. The molecule has 190 valence electrons. The number of carbonyl (C=O) groups excluding carboxylic acids is 3. The second-order valence-corrected chi connectivity index (χ2v) is 10.1. The smallest absolute Gasteiger partial charge is 0.408 e. The quantitative estimate of drug-likeness (QED) is 0.570. The molecule has 9 nitrogen and oxygen atoms in total. The van der Waals surface area contributed by atoms with Crippen LogP contribution in [0.5, 0.6) is 0 Å². The molecule has 1 aromatic carbocycles. The number of ether oxygens (including phenoxy) is 1. The summed E-state index contributed by atoms with van der Waals surface area (Å²) in [6.07, 6.45) is 5.22. The van der Waals surface area contributed by atoms with Crippen molar-refractivity contribution in [3.63, 3.8) is 0 Å². The summed E-state index contributed by atoms with van der Waals surface area (Å²) in [5, 5.41) is 5.68. The first-order chi connectivity index (χ1) is 17.1. The molecule has 3 atom stereocenters. The number of imidazole rings is 1. The number of carbonyl (C=O) groups is 3. The minimum absolute atomic E-state index is 0.0266. The summed E-state index contributed by atoms with van der Waals surface area (Å²) in [6.45, 7) is 7.81. The van der Waals surface area contributed by atoms with Gasteiger partial charge in [0.25, 0.3) is 5.91 Å². The summed E-state index contributed by atoms with van der Waals surface area (Å²) in [5.41, 5.74) is 1.74. The zero-order valence-corrected chi connectivity index (χ0v) is 21.1. The van der Waals surface area contributed by atoms with E-state index in [0.29, 0.717) is 25.1 Å². The van der Waals surface area contributed by atoms with Crippen molar-refractivity contribution in [3.8, 4) is 0 Å². The molecule has 3 heterocycles. The molecule has 0 bridgehead atoms. The van der Waals surface area contributed by atoms with E-state index in [4.69, 9.17) is 4.74 Å². The first-order valence-corrected chi connectivity index (χ1v) is 12.2. The standard InChI is InChI=1S/C27H33N5O4/c1-18(29-26(35)36-27(2,3)4)24(33)30-22-16-31(14-12-20(22)19-9-6-5-7-10-19)25(34)21-11-8-13-32-17-28-15-23(21)32/h5-11,13,15,17-18,20,22H,12,14,16H2,1-4H3,(H,29,35)(H,30,33)/t18-,20+,22-/m1/s1. The molecule has 1 aliphatic heterocycles. The summed E-state index contributed by atoms with van der Waals surface area (Å²) in [4.78, 5) is 44.7. The SMILES string of the molecule is C[C@@H](NC(=O)OC(C)(C)C)C(=O)N[C@@H]1CN(C(=O)c2cccn3cncc23)CC[C@H]1c1ccccc1. The molecule has 0 spiro atoms. The third kappa shape index (κ3) is 5.84. The van der Waals surface area contributed by atoms with Crippen molar-refractivity contribution in [3.05, 3.63) is 72.3 Å². The fraction of sp³-hybridized carbons (Fsp3) is 0.407. The van der Waals surface area contributed by atoms with Crippen molar-refractivity contribution in [2.75, 3.05) is 13.1 Å². The number of hydrogen-bond donors (Lipinski definition) is 2. The van der Waals surface area contributed by atoms with Crippen LogP contribution in [0.3, 0.4) is 0 Å². The number of nitrogens with one attached hydrogen (secondary N) is 2. The van der Waals surface area contributed by atoms with Crippen LogP contribution in [0.1, 0.15) is 56.0 Å². The molecular formula is C27H33N5O4. The van der Waals surface area contributed by atoms with E-state index in [2.05, 4.69) is 15.6 Å². The Morgan fingerprint density at radius 1 is 1.11 bits per heavy atom. The molecule has 1 saturated heterocycles. The molecule has 36 heavy (non-hydrogen) atoms. The Balaban J connectivity index is 1.51. The summed E-state index contributed by atoms with van der Waals surface area (Å²) >= 11 is 0. The molecule has 9 heteroatoms. The van der Waals surface area contributed by atoms with E-state index in [1.165, 1.54) is 0 Å². The molecule has 2 N–H and O–H groups in total. The Morgan fingerprint density at radius 3 is 2.58 bits per heavy atom. The third-order valence-corrected chi connectivity index (χ3v) is 6.26. The topological polar surface area (TPSA) is 105 Å². The van der Waals surface area contributed by atoms with Crippen molar-refractivity contribution < 1.29 is 19.1 Å². The average Bonchev–Trinajstić information content (AvgIpc) is 3.32. The predicted octanol–water partition coefficient (Wildman–Crippen LogP) is 3.36. The molecule has 1 fully saturated rings. The van der Waals surface area contributed by atoms with Gasteiger partial charge >= 0.3 is 6.09 Å². The molecular weight excluding hydrogens is 458 g/mol. The van der Waals surface area contributed by atoms with Crippen LogP contribution in [-0.4, -0.2) is 63.0 Å². The Bertz CT molecular complexity index is 1230. The summed E-state index contributed by atoms with van der Waals surface area (Å²) in [5.74, 6) is -0.413. The van der Waals surface area contributed by atoms with E-state index in [1.54, 1.807) is 51.2 Å². The average molecular weight is 492 g/mol. The number of benzene rings is 1. The highest BCUT2D eigenvalue weighted by Crippen LogP contribution is 2.29. The number of piperidine rings is 1. The number of amides is 3. The van der Waals surface area contributed by atoms with Gasteiger partial charge in [0.15, 0.2) is 0 Å². The van der Waals surface area contributed by atoms with Crippen LogP contribution < -0.4 is 10.6 Å². The molecule has 0 saturated carbocycles. The highest BCUT2D eigenvalue weighted by molar-refractivity contribution is 6.00. The van der Waals surface area contributed by atoms with Gasteiger partial charge < -0.3 is 24.7 Å². The molecule has 0 aliphatic carbocycles. The van der Waals surface area contributed by atoms with Crippen molar-refractivity contribution in [2.45, 2.75) is 57.7 Å². The predicted molar refractivity (Wildman–Crippen MR) is 136 cm³/mol. The van der Waals surface area contributed by atoms with Gasteiger partial charge in [-0.25, -0.2) is 9.78 Å². The van der Waals surface area contributed by atoms with Gasteiger partial charge in [-0.05, 0) is 51.8 Å². The number of likely N-dealkylation sites (tertiary alicyclic amines) is 1. The van der Waals surface area contributed by atoms with Gasteiger partial charge in [-0.1, -0.05) is 30.3 Å². The normalized spacial score (nSPS) is 18.9. The van der Waals surface area contributed by atoms with E-state index in [9.17, 15) is 14.4 Å². The third-order valence-electron chi connectivity index (χ3n) is 6.26. The molecule has 0 unspecified atom stereocenters. The lowest BCUT2D eigenvalue weighted by molar-refractivity contribution is -0.124. The maximum Gasteiger partial charge on any atom is 0.408 e. The maximum atomic E-state index is 13.5. The van der Waals surface area contributed by atoms with Gasteiger partial charge in [0, 0.05) is 25.2 Å². The minimum atomic E-state index is -0.803. The summed E-state index contributed by atoms with van der Waals surface area (Å²) in [6, 6.07) is 12.5. The Morgan fingerprint density at radius 2 is 1.86 bits per heavy atom. The van der Waals surface area contributed by atoms with Gasteiger partial charge in [-0.15, -0.1) is 0 Å². The lowest BCUT2D eigenvalue weighted by Crippen LogP contribution is -2.56. The zero-order chi connectivity index (χ0) is 25.9. The summed E-state index contributed by atoms with van der Waals surface area (Å²) in [7, 11) is 0. The summed E-state index contributed by atoms with van der Waals surface area (Å²) < 4.78 is 7.09. The van der Waals surface area contributed by atoms with Crippen LogP contribution in [0.2, 0.25) is 0 Å². The number of pyridine rings is 1. The zero-order valence-electron chi connectivity index (χ0n) is 21.1. The Hall–Kier alpha value is -3.88. The molecule has 3 amide bonds. The highest BCUT2D eigenvalue weighted by atomic mass is 16.6. The van der Waals surface area contributed by atoms with Crippen LogP contribution in [0.15, 0.2) is 61.2 Å². The fourth-order valence-electron chi connectivity index (χ4n) is 4.54. The lowest BCUT2D eigenvalue weighted by atomic mass is 9.85. The molecule has 1 aliphatic rings. The number of fused-ring (bicyclic) bond motifs is 1.